The Kier molecular flexibility index (Phi) is 5.10. The first-order chi connectivity index (χ1) is 14.2. The van der Waals surface area contributed by atoms with Gasteiger partial charge in [0.1, 0.15) is 11.6 Å². The average molecular weight is 415 g/mol. The van der Waals surface area contributed by atoms with E-state index in [4.69, 9.17) is 4.74 Å². The van der Waals surface area contributed by atoms with E-state index in [-0.39, 0.29) is 30.9 Å². The maximum absolute atomic E-state index is 13.4. The number of rotatable bonds is 5. The quantitative estimate of drug-likeness (QED) is 0.663. The highest BCUT2D eigenvalue weighted by atomic mass is 16.5. The lowest BCUT2D eigenvalue weighted by atomic mass is 9.70. The standard InChI is InChI=1S/C22H29N3O5/c1-21(2,3)24-19(28)17-22-10-9-14(30-22)15(16(22)20(29)25(17)11-12-26)18(27)23-13-7-5-4-6-8-13/h4-8,14-17,26H,9-12H2,1-3H3,(H,23,27)(H,24,28)/t14-,15+,16-,17?,22?/m0/s1. The number of anilines is 1. The number of nitrogens with zero attached hydrogens (tertiary/aromatic N) is 1. The molecule has 0 aromatic heterocycles. The summed E-state index contributed by atoms with van der Waals surface area (Å²) in [5, 5.41) is 15.4. The highest BCUT2D eigenvalue weighted by molar-refractivity contribution is 6.02. The van der Waals surface area contributed by atoms with Crippen LogP contribution < -0.4 is 10.6 Å². The van der Waals surface area contributed by atoms with E-state index in [1.54, 1.807) is 12.1 Å². The topological polar surface area (TPSA) is 108 Å². The summed E-state index contributed by atoms with van der Waals surface area (Å²) in [6.45, 7) is 5.38. The van der Waals surface area contributed by atoms with Crippen LogP contribution in [0.25, 0.3) is 0 Å². The molecule has 4 rings (SSSR count). The monoisotopic (exact) mass is 415 g/mol. The molecule has 3 saturated heterocycles. The fraction of sp³-hybridized carbons (Fsp3) is 0.591. The summed E-state index contributed by atoms with van der Waals surface area (Å²) in [6, 6.07) is 8.22. The number of hydrogen-bond donors (Lipinski definition) is 3. The molecular weight excluding hydrogens is 386 g/mol. The van der Waals surface area contributed by atoms with Gasteiger partial charge in [0, 0.05) is 17.8 Å². The van der Waals surface area contributed by atoms with Crippen LogP contribution in [0.4, 0.5) is 5.69 Å². The number of para-hydroxylation sites is 1. The SMILES string of the molecule is CC(C)(C)NC(=O)C1N(CCO)C(=O)[C@@H]2[C@H](C(=O)Nc3ccccc3)[C@@H]3CCC12O3. The summed E-state index contributed by atoms with van der Waals surface area (Å²) in [4.78, 5) is 41.1. The zero-order chi connectivity index (χ0) is 21.7. The van der Waals surface area contributed by atoms with Crippen molar-refractivity contribution in [3.63, 3.8) is 0 Å². The molecule has 3 amide bonds. The van der Waals surface area contributed by atoms with Crippen molar-refractivity contribution >= 4 is 23.4 Å². The van der Waals surface area contributed by atoms with E-state index < -0.39 is 35.1 Å². The zero-order valence-corrected chi connectivity index (χ0v) is 17.6. The van der Waals surface area contributed by atoms with E-state index in [9.17, 15) is 19.5 Å². The Balaban J connectivity index is 1.66. The molecule has 1 aromatic rings. The summed E-state index contributed by atoms with van der Waals surface area (Å²) >= 11 is 0. The van der Waals surface area contributed by atoms with Crippen LogP contribution in [-0.2, 0) is 19.1 Å². The number of carbonyl (C=O) groups is 3. The average Bonchev–Trinajstić information content (AvgIpc) is 3.29. The summed E-state index contributed by atoms with van der Waals surface area (Å²) in [5.74, 6) is -2.28. The zero-order valence-electron chi connectivity index (χ0n) is 17.6. The maximum Gasteiger partial charge on any atom is 0.246 e. The fourth-order valence-electron chi connectivity index (χ4n) is 5.29. The third-order valence-electron chi connectivity index (χ3n) is 6.23. The molecule has 0 saturated carbocycles. The molecule has 162 valence electrons. The third-order valence-corrected chi connectivity index (χ3v) is 6.23. The Morgan fingerprint density at radius 2 is 1.93 bits per heavy atom. The number of β-amino-alcohol motifs (C(OH)–C–C–N with tert-alkyl or cyclic N) is 1. The van der Waals surface area contributed by atoms with Crippen LogP contribution in [0.3, 0.4) is 0 Å². The van der Waals surface area contributed by atoms with Gasteiger partial charge in [-0.2, -0.15) is 0 Å². The highest BCUT2D eigenvalue weighted by Gasteiger charge is 2.74. The van der Waals surface area contributed by atoms with Crippen molar-refractivity contribution in [1.82, 2.24) is 10.2 Å². The van der Waals surface area contributed by atoms with E-state index in [2.05, 4.69) is 10.6 Å². The molecule has 3 aliphatic rings. The molecule has 1 spiro atoms. The second kappa shape index (κ2) is 7.35. The van der Waals surface area contributed by atoms with E-state index in [0.29, 0.717) is 18.5 Å². The number of aliphatic hydroxyl groups excluding tert-OH is 1. The lowest BCUT2D eigenvalue weighted by Gasteiger charge is -2.35. The van der Waals surface area contributed by atoms with Crippen LogP contribution in [0.2, 0.25) is 0 Å². The number of carbonyl (C=O) groups excluding carboxylic acids is 3. The van der Waals surface area contributed by atoms with Gasteiger partial charge >= 0.3 is 0 Å². The summed E-state index contributed by atoms with van der Waals surface area (Å²) in [7, 11) is 0. The van der Waals surface area contributed by atoms with Gasteiger partial charge in [-0.05, 0) is 45.7 Å². The van der Waals surface area contributed by atoms with Gasteiger partial charge in [-0.1, -0.05) is 18.2 Å². The molecule has 3 heterocycles. The smallest absolute Gasteiger partial charge is 0.246 e. The maximum atomic E-state index is 13.4. The second-order valence-electron chi connectivity index (χ2n) is 9.41. The minimum atomic E-state index is -1.04. The van der Waals surface area contributed by atoms with Gasteiger partial charge in [0.05, 0.1) is 24.5 Å². The molecule has 0 radical (unpaired) electrons. The molecule has 2 unspecified atom stereocenters. The van der Waals surface area contributed by atoms with Gasteiger partial charge in [0.15, 0.2) is 0 Å². The van der Waals surface area contributed by atoms with Crippen LogP contribution in [0.5, 0.6) is 0 Å². The largest absolute Gasteiger partial charge is 0.395 e. The van der Waals surface area contributed by atoms with Gasteiger partial charge in [0.25, 0.3) is 0 Å². The van der Waals surface area contributed by atoms with Crippen LogP contribution in [0.15, 0.2) is 30.3 Å². The van der Waals surface area contributed by atoms with Crippen molar-refractivity contribution in [3.8, 4) is 0 Å². The first-order valence-electron chi connectivity index (χ1n) is 10.4. The molecule has 3 fully saturated rings. The molecule has 3 N–H and O–H groups in total. The van der Waals surface area contributed by atoms with Gasteiger partial charge in [0.2, 0.25) is 17.7 Å². The van der Waals surface area contributed by atoms with Gasteiger partial charge in [-0.25, -0.2) is 0 Å². The van der Waals surface area contributed by atoms with Crippen molar-refractivity contribution in [2.24, 2.45) is 11.8 Å². The fourth-order valence-corrected chi connectivity index (χ4v) is 5.29. The Morgan fingerprint density at radius 3 is 2.57 bits per heavy atom. The highest BCUT2D eigenvalue weighted by Crippen LogP contribution is 2.58. The van der Waals surface area contributed by atoms with Gasteiger partial charge in [-0.3, -0.25) is 14.4 Å². The van der Waals surface area contributed by atoms with Crippen LogP contribution >= 0.6 is 0 Å². The summed E-state index contributed by atoms with van der Waals surface area (Å²) in [6.07, 6.45) is 0.750. The molecule has 3 aliphatic heterocycles. The lowest BCUT2D eigenvalue weighted by molar-refractivity contribution is -0.142. The Labute approximate surface area is 176 Å². The first kappa shape index (κ1) is 20.8. The molecule has 30 heavy (non-hydrogen) atoms. The van der Waals surface area contributed by atoms with Crippen molar-refractivity contribution in [2.75, 3.05) is 18.5 Å². The van der Waals surface area contributed by atoms with Crippen molar-refractivity contribution in [3.05, 3.63) is 30.3 Å². The number of fused-ring (bicyclic) bond motifs is 1. The van der Waals surface area contributed by atoms with Crippen molar-refractivity contribution in [2.45, 2.75) is 56.9 Å². The molecule has 8 heteroatoms. The Morgan fingerprint density at radius 1 is 1.23 bits per heavy atom. The van der Waals surface area contributed by atoms with E-state index in [0.717, 1.165) is 0 Å². The number of nitrogens with one attached hydrogen (secondary N) is 2. The normalized spacial score (nSPS) is 32.3. The van der Waals surface area contributed by atoms with E-state index >= 15 is 0 Å². The van der Waals surface area contributed by atoms with Crippen molar-refractivity contribution < 1.29 is 24.2 Å². The number of hydrogen-bond acceptors (Lipinski definition) is 5. The van der Waals surface area contributed by atoms with Crippen molar-refractivity contribution in [1.29, 1.82) is 0 Å². The van der Waals surface area contributed by atoms with Crippen LogP contribution in [0.1, 0.15) is 33.6 Å². The number of aliphatic hydroxyl groups is 1. The summed E-state index contributed by atoms with van der Waals surface area (Å²) in [5.41, 5.74) is -0.871. The molecule has 8 nitrogen and oxygen atoms in total. The van der Waals surface area contributed by atoms with Crippen LogP contribution in [-0.4, -0.2) is 64.2 Å². The Bertz CT molecular complexity index is 852. The minimum absolute atomic E-state index is 0.0281. The number of amides is 3. The molecule has 2 bridgehead atoms. The molecule has 5 atom stereocenters. The number of likely N-dealkylation sites (tertiary alicyclic amines) is 1. The minimum Gasteiger partial charge on any atom is -0.395 e. The van der Waals surface area contributed by atoms with Gasteiger partial charge in [-0.15, -0.1) is 0 Å². The molecular formula is C22H29N3O5. The first-order valence-corrected chi connectivity index (χ1v) is 10.4. The van der Waals surface area contributed by atoms with Crippen LogP contribution in [0, 0.1) is 11.8 Å². The summed E-state index contributed by atoms with van der Waals surface area (Å²) < 4.78 is 6.28. The third kappa shape index (κ3) is 3.28. The van der Waals surface area contributed by atoms with E-state index in [1.165, 1.54) is 4.90 Å². The second-order valence-corrected chi connectivity index (χ2v) is 9.41. The lowest BCUT2D eigenvalue weighted by Crippen LogP contribution is -2.58. The number of benzene rings is 1. The van der Waals surface area contributed by atoms with E-state index in [1.807, 2.05) is 39.0 Å². The molecule has 0 aliphatic carbocycles. The predicted octanol–water partition coefficient (Wildman–Crippen LogP) is 0.907. The molecule has 1 aromatic carbocycles. The predicted molar refractivity (Wildman–Crippen MR) is 109 cm³/mol. The number of ether oxygens (including phenoxy) is 1. The van der Waals surface area contributed by atoms with Gasteiger partial charge < -0.3 is 25.4 Å². The Hall–Kier alpha value is -2.45.